The first kappa shape index (κ1) is 56.8. The van der Waals surface area contributed by atoms with Gasteiger partial charge in [0, 0.05) is 0 Å². The largest absolute Gasteiger partial charge is 0.508 e. The Kier molecular flexibility index (Phi) is 45.6. The molecule has 0 saturated heterocycles. The van der Waals surface area contributed by atoms with Crippen molar-refractivity contribution in [1.82, 2.24) is 0 Å². The second-order valence-electron chi connectivity index (χ2n) is 13.3. The van der Waals surface area contributed by atoms with Crippen molar-refractivity contribution in [2.75, 3.05) is 0 Å². The van der Waals surface area contributed by atoms with Crippen molar-refractivity contribution in [3.05, 3.63) is 60.7 Å². The Balaban J connectivity index is -0.000000260. The summed E-state index contributed by atoms with van der Waals surface area (Å²) in [6.45, 7) is 32.5. The Labute approximate surface area is 329 Å². The summed E-state index contributed by atoms with van der Waals surface area (Å²) in [5.41, 5.74) is 0. The van der Waals surface area contributed by atoms with Crippen molar-refractivity contribution in [3.8, 4) is 11.5 Å². The molecule has 8 atom stereocenters. The maximum atomic E-state index is 8.63. The summed E-state index contributed by atoms with van der Waals surface area (Å²) in [4.78, 5) is 0. The average molecular weight is 729 g/mol. The minimum Gasteiger partial charge on any atom is -0.508 e. The molecule has 2 aromatic carbocycles. The molecule has 0 aromatic heterocycles. The zero-order valence-corrected chi connectivity index (χ0v) is 38.2. The van der Waals surface area contributed by atoms with Gasteiger partial charge in [-0.1, -0.05) is 173 Å². The van der Waals surface area contributed by atoms with Gasteiger partial charge in [-0.3, -0.25) is 0 Å². The molecule has 2 heteroatoms. The van der Waals surface area contributed by atoms with E-state index in [2.05, 4.69) is 27.7 Å². The van der Waals surface area contributed by atoms with Crippen LogP contribution in [0.25, 0.3) is 0 Å². The van der Waals surface area contributed by atoms with Gasteiger partial charge in [0.25, 0.3) is 0 Å². The van der Waals surface area contributed by atoms with E-state index in [9.17, 15) is 0 Å². The van der Waals surface area contributed by atoms with Gasteiger partial charge in [0.2, 0.25) is 0 Å². The number of hydrogen-bond donors (Lipinski definition) is 2. The summed E-state index contributed by atoms with van der Waals surface area (Å²) in [7, 11) is 0. The lowest BCUT2D eigenvalue weighted by Gasteiger charge is -2.23. The van der Waals surface area contributed by atoms with Crippen LogP contribution in [0.4, 0.5) is 0 Å². The Morgan fingerprint density at radius 3 is 0.712 bits per heavy atom. The normalized spacial score (nSPS) is 25.8. The molecule has 6 aliphatic rings. The van der Waals surface area contributed by atoms with Gasteiger partial charge >= 0.3 is 0 Å². The lowest BCUT2D eigenvalue weighted by molar-refractivity contribution is 0.259. The third-order valence-corrected chi connectivity index (χ3v) is 10.2. The monoisotopic (exact) mass is 729 g/mol. The second-order valence-corrected chi connectivity index (χ2v) is 13.3. The van der Waals surface area contributed by atoms with Gasteiger partial charge in [-0.25, -0.2) is 0 Å². The highest BCUT2D eigenvalue weighted by Gasteiger charge is 2.49. The van der Waals surface area contributed by atoms with Gasteiger partial charge in [0.15, 0.2) is 0 Å². The van der Waals surface area contributed by atoms with Crippen LogP contribution in [0.15, 0.2) is 60.7 Å². The molecule has 0 aliphatic heterocycles. The standard InChI is InChI=1S/2C10H16.2C6H6O.2C3H8.6C2H6/c2*1-2-9-7-4-5-8(6-7)10(9)3-1;2*7-6-4-2-1-3-5-6;2*1-3-2;6*1-2/h2*7-10H,1-6H2;2*1-5,7H;2*3H2,1-2H3;6*1-2H3. The van der Waals surface area contributed by atoms with E-state index >= 15 is 0 Å². The first-order valence-corrected chi connectivity index (χ1v) is 23.0. The molecule has 2 N–H and O–H groups in total. The zero-order chi connectivity index (χ0) is 40.7. The Morgan fingerprint density at radius 2 is 0.558 bits per heavy atom. The number of benzene rings is 2. The fourth-order valence-corrected chi connectivity index (χ4v) is 8.89. The summed E-state index contributed by atoms with van der Waals surface area (Å²) in [5, 5.41) is 17.3. The molecule has 4 bridgehead atoms. The van der Waals surface area contributed by atoms with Crippen molar-refractivity contribution < 1.29 is 10.2 Å². The van der Waals surface area contributed by atoms with Crippen LogP contribution < -0.4 is 0 Å². The van der Waals surface area contributed by atoms with Crippen LogP contribution in [0.5, 0.6) is 11.5 Å². The summed E-state index contributed by atoms with van der Waals surface area (Å²) in [6.07, 6.45) is 21.6. The fourth-order valence-electron chi connectivity index (χ4n) is 8.89. The van der Waals surface area contributed by atoms with E-state index in [1.807, 2.05) is 95.2 Å². The highest BCUT2D eigenvalue weighted by atomic mass is 16.3. The smallest absolute Gasteiger partial charge is 0.115 e. The van der Waals surface area contributed by atoms with E-state index in [0.29, 0.717) is 11.5 Å². The summed E-state index contributed by atoms with van der Waals surface area (Å²) in [5.74, 6) is 10.2. The summed E-state index contributed by atoms with van der Waals surface area (Å²) in [6, 6.07) is 17.4. The second kappa shape index (κ2) is 41.8. The molecule has 0 radical (unpaired) electrons. The Hall–Kier alpha value is -1.96. The van der Waals surface area contributed by atoms with E-state index in [1.165, 1.54) is 60.2 Å². The van der Waals surface area contributed by atoms with Gasteiger partial charge in [0.05, 0.1) is 0 Å². The molecule has 0 heterocycles. The molecule has 2 aromatic rings. The van der Waals surface area contributed by atoms with Crippen LogP contribution in [-0.2, 0) is 0 Å². The van der Waals surface area contributed by atoms with Crippen LogP contribution in [-0.4, -0.2) is 10.2 Å². The quantitative estimate of drug-likeness (QED) is 0.284. The van der Waals surface area contributed by atoms with E-state index < -0.39 is 0 Å². The van der Waals surface area contributed by atoms with Crippen molar-refractivity contribution in [2.45, 2.75) is 201 Å². The van der Waals surface area contributed by atoms with Crippen LogP contribution in [0.2, 0.25) is 0 Å². The number of phenols is 2. The highest BCUT2D eigenvalue weighted by Crippen LogP contribution is 2.59. The van der Waals surface area contributed by atoms with Crippen molar-refractivity contribution in [1.29, 1.82) is 0 Å². The number of rotatable bonds is 0. The molecule has 8 rings (SSSR count). The topological polar surface area (TPSA) is 40.5 Å². The third kappa shape index (κ3) is 23.0. The Bertz CT molecular complexity index is 789. The molecule has 0 spiro atoms. The van der Waals surface area contributed by atoms with E-state index in [0.717, 1.165) is 0 Å². The molecular formula is C50H96O2. The Morgan fingerprint density at radius 1 is 0.365 bits per heavy atom. The summed E-state index contributed by atoms with van der Waals surface area (Å²) < 4.78 is 0. The minimum absolute atomic E-state index is 0.322. The molecule has 52 heavy (non-hydrogen) atoms. The lowest BCUT2D eigenvalue weighted by Crippen LogP contribution is -2.15. The van der Waals surface area contributed by atoms with Crippen LogP contribution in [0.1, 0.15) is 201 Å². The maximum absolute atomic E-state index is 8.63. The molecule has 8 unspecified atom stereocenters. The number of phenolic OH excluding ortho intramolecular Hbond substituents is 2. The number of aromatic hydroxyl groups is 2. The van der Waals surface area contributed by atoms with Crippen molar-refractivity contribution >= 4 is 0 Å². The first-order chi connectivity index (χ1) is 25.5. The molecule has 308 valence electrons. The van der Waals surface area contributed by atoms with Gasteiger partial charge in [0.1, 0.15) is 11.5 Å². The number of fused-ring (bicyclic) bond motifs is 10. The van der Waals surface area contributed by atoms with E-state index in [-0.39, 0.29) is 0 Å². The molecule has 6 saturated carbocycles. The minimum atomic E-state index is 0.322. The first-order valence-electron chi connectivity index (χ1n) is 23.0. The third-order valence-electron chi connectivity index (χ3n) is 10.2. The molecule has 0 amide bonds. The average Bonchev–Trinajstić information content (AvgIpc) is 4.07. The predicted octanol–water partition coefficient (Wildman–Crippen LogP) is 17.4. The zero-order valence-electron chi connectivity index (χ0n) is 38.2. The lowest BCUT2D eigenvalue weighted by atomic mass is 9.82. The fraction of sp³-hybridized carbons (Fsp3) is 0.760. The number of para-hydroxylation sites is 2. The highest BCUT2D eigenvalue weighted by molar-refractivity contribution is 5.19. The van der Waals surface area contributed by atoms with Gasteiger partial charge < -0.3 is 10.2 Å². The molecular weight excluding hydrogens is 633 g/mol. The van der Waals surface area contributed by atoms with Gasteiger partial charge in [-0.05, 0) is 136 Å². The maximum Gasteiger partial charge on any atom is 0.115 e. The molecule has 6 aliphatic carbocycles. The van der Waals surface area contributed by atoms with Crippen LogP contribution in [0.3, 0.4) is 0 Å². The number of hydrogen-bond acceptors (Lipinski definition) is 2. The van der Waals surface area contributed by atoms with Crippen molar-refractivity contribution in [3.63, 3.8) is 0 Å². The molecule has 2 nitrogen and oxygen atoms in total. The van der Waals surface area contributed by atoms with Crippen LogP contribution in [0, 0.1) is 47.3 Å². The SMILES string of the molecule is C1CC2C3CCC(C3)C2C1.C1CC2C3CCC(C3)C2C1.CC.CC.CC.CC.CC.CC.CCC.CCC.Oc1ccccc1.Oc1ccccc1. The van der Waals surface area contributed by atoms with Gasteiger partial charge in [-0.15, -0.1) is 0 Å². The van der Waals surface area contributed by atoms with E-state index in [1.54, 1.807) is 126 Å². The van der Waals surface area contributed by atoms with Gasteiger partial charge in [-0.2, -0.15) is 0 Å². The predicted molar refractivity (Wildman–Crippen MR) is 240 cm³/mol. The summed E-state index contributed by atoms with van der Waals surface area (Å²) >= 11 is 0. The molecule has 6 fully saturated rings. The van der Waals surface area contributed by atoms with Crippen LogP contribution >= 0.6 is 0 Å². The van der Waals surface area contributed by atoms with Crippen molar-refractivity contribution in [2.24, 2.45) is 47.3 Å². The van der Waals surface area contributed by atoms with E-state index in [4.69, 9.17) is 10.2 Å².